The van der Waals surface area contributed by atoms with E-state index in [-0.39, 0.29) is 25.4 Å². The van der Waals surface area contributed by atoms with Crippen molar-refractivity contribution >= 4 is 24.0 Å². The molecule has 1 aliphatic carbocycles. The Morgan fingerprint density at radius 2 is 1.78 bits per heavy atom. The van der Waals surface area contributed by atoms with Crippen molar-refractivity contribution in [3.63, 3.8) is 0 Å². The number of rotatable bonds is 13. The third kappa shape index (κ3) is 9.23. The molecular weight excluding hydrogens is 464 g/mol. The third-order valence-corrected chi connectivity index (χ3v) is 6.72. The highest BCUT2D eigenvalue weighted by Crippen LogP contribution is 2.28. The average Bonchev–Trinajstić information content (AvgIpc) is 3.41. The number of nitrogens with one attached hydrogen (secondary N) is 3. The smallest absolute Gasteiger partial charge is 0.243 e. The summed E-state index contributed by atoms with van der Waals surface area (Å²) in [7, 11) is 1.57. The molecule has 2 atom stereocenters. The van der Waals surface area contributed by atoms with Gasteiger partial charge < -0.3 is 30.2 Å². The van der Waals surface area contributed by atoms with Gasteiger partial charge in [0.15, 0.2) is 0 Å². The van der Waals surface area contributed by atoms with Crippen LogP contribution in [0.3, 0.4) is 0 Å². The van der Waals surface area contributed by atoms with E-state index in [1.807, 2.05) is 17.0 Å². The standard InChI is InChI=1S/C26H38N4O6/c1-35-22-8-6-20(7-9-22)15-23(26(34)28-21(18-31)14-19-4-2-3-5-19)29-24(32)16-27-25(33)17-30-10-12-36-13-11-30/h6-9,18-19,21,23H,2-5,10-17H2,1H3,(H,27,33)(H,28,34)(H,29,32)/t21-,23?/m0/s1. The first-order valence-corrected chi connectivity index (χ1v) is 12.7. The van der Waals surface area contributed by atoms with Crippen molar-refractivity contribution in [2.45, 2.75) is 50.6 Å². The molecule has 36 heavy (non-hydrogen) atoms. The van der Waals surface area contributed by atoms with Gasteiger partial charge in [0.05, 0.1) is 39.5 Å². The van der Waals surface area contributed by atoms with E-state index < -0.39 is 23.9 Å². The lowest BCUT2D eigenvalue weighted by molar-refractivity contribution is -0.131. The number of hydrogen-bond donors (Lipinski definition) is 3. The zero-order valence-corrected chi connectivity index (χ0v) is 21.0. The molecule has 1 unspecified atom stereocenters. The average molecular weight is 503 g/mol. The fraction of sp³-hybridized carbons (Fsp3) is 0.615. The first-order valence-electron chi connectivity index (χ1n) is 12.7. The molecule has 1 aromatic rings. The summed E-state index contributed by atoms with van der Waals surface area (Å²) in [6.45, 7) is 2.45. The minimum Gasteiger partial charge on any atom is -0.497 e. The molecular formula is C26H38N4O6. The maximum Gasteiger partial charge on any atom is 0.243 e. The van der Waals surface area contributed by atoms with Gasteiger partial charge in [0.2, 0.25) is 17.7 Å². The lowest BCUT2D eigenvalue weighted by atomic mass is 9.98. The van der Waals surface area contributed by atoms with E-state index in [0.717, 1.165) is 37.5 Å². The van der Waals surface area contributed by atoms with Crippen LogP contribution in [0.2, 0.25) is 0 Å². The topological polar surface area (TPSA) is 126 Å². The molecule has 1 aromatic carbocycles. The molecule has 198 valence electrons. The largest absolute Gasteiger partial charge is 0.497 e. The zero-order chi connectivity index (χ0) is 25.8. The summed E-state index contributed by atoms with van der Waals surface area (Å²) < 4.78 is 10.5. The SMILES string of the molecule is COc1ccc(CC(NC(=O)CNC(=O)CN2CCOCC2)C(=O)N[C@H](C=O)CC2CCCC2)cc1. The second kappa shape index (κ2) is 14.5. The first kappa shape index (κ1) is 27.6. The normalized spacial score (nSPS) is 18.1. The van der Waals surface area contributed by atoms with Crippen LogP contribution in [0.15, 0.2) is 24.3 Å². The third-order valence-electron chi connectivity index (χ3n) is 6.72. The molecule has 3 N–H and O–H groups in total. The molecule has 3 rings (SSSR count). The molecule has 0 bridgehead atoms. The van der Waals surface area contributed by atoms with Crippen molar-refractivity contribution < 1.29 is 28.7 Å². The number of nitrogens with zero attached hydrogens (tertiary/aromatic N) is 1. The molecule has 0 radical (unpaired) electrons. The monoisotopic (exact) mass is 502 g/mol. The maximum absolute atomic E-state index is 13.1. The van der Waals surface area contributed by atoms with Gasteiger partial charge in [-0.2, -0.15) is 0 Å². The van der Waals surface area contributed by atoms with Crippen molar-refractivity contribution in [3.8, 4) is 5.75 Å². The Morgan fingerprint density at radius 3 is 2.42 bits per heavy atom. The lowest BCUT2D eigenvalue weighted by Crippen LogP contribution is -2.53. The van der Waals surface area contributed by atoms with E-state index in [2.05, 4.69) is 16.0 Å². The molecule has 1 saturated carbocycles. The van der Waals surface area contributed by atoms with Crippen LogP contribution in [0.1, 0.15) is 37.7 Å². The van der Waals surface area contributed by atoms with Gasteiger partial charge in [-0.3, -0.25) is 19.3 Å². The fourth-order valence-corrected chi connectivity index (χ4v) is 4.69. The molecule has 1 heterocycles. The molecule has 10 heteroatoms. The summed E-state index contributed by atoms with van der Waals surface area (Å²) in [5, 5.41) is 8.15. The lowest BCUT2D eigenvalue weighted by Gasteiger charge is -2.26. The van der Waals surface area contributed by atoms with Gasteiger partial charge in [0, 0.05) is 19.5 Å². The summed E-state index contributed by atoms with van der Waals surface area (Å²) in [5.41, 5.74) is 0.825. The number of carbonyl (C=O) groups is 4. The van der Waals surface area contributed by atoms with Crippen molar-refractivity contribution in [2.75, 3.05) is 46.5 Å². The summed E-state index contributed by atoms with van der Waals surface area (Å²) in [4.78, 5) is 51.6. The molecule has 0 spiro atoms. The molecule has 2 fully saturated rings. The number of aldehydes is 1. The van der Waals surface area contributed by atoms with E-state index in [9.17, 15) is 19.2 Å². The predicted octanol–water partition coefficient (Wildman–Crippen LogP) is 0.435. The van der Waals surface area contributed by atoms with Gasteiger partial charge in [-0.15, -0.1) is 0 Å². The predicted molar refractivity (Wildman–Crippen MR) is 133 cm³/mol. The van der Waals surface area contributed by atoms with Crippen molar-refractivity contribution in [3.05, 3.63) is 29.8 Å². The number of carbonyl (C=O) groups excluding carboxylic acids is 4. The van der Waals surface area contributed by atoms with Crippen LogP contribution in [0.4, 0.5) is 0 Å². The Labute approximate surface area is 212 Å². The van der Waals surface area contributed by atoms with Gasteiger partial charge in [-0.1, -0.05) is 37.8 Å². The number of benzene rings is 1. The minimum absolute atomic E-state index is 0.189. The van der Waals surface area contributed by atoms with Crippen molar-refractivity contribution in [2.24, 2.45) is 5.92 Å². The second-order valence-corrected chi connectivity index (χ2v) is 9.47. The van der Waals surface area contributed by atoms with Gasteiger partial charge in [-0.05, 0) is 30.0 Å². The summed E-state index contributed by atoms with van der Waals surface area (Å²) in [6, 6.07) is 5.73. The Morgan fingerprint density at radius 1 is 1.08 bits per heavy atom. The van der Waals surface area contributed by atoms with Crippen LogP contribution in [0.25, 0.3) is 0 Å². The van der Waals surface area contributed by atoms with Crippen LogP contribution < -0.4 is 20.7 Å². The van der Waals surface area contributed by atoms with Gasteiger partial charge in [-0.25, -0.2) is 0 Å². The van der Waals surface area contributed by atoms with Crippen LogP contribution in [0, 0.1) is 5.92 Å². The number of morpholine rings is 1. The highest BCUT2D eigenvalue weighted by molar-refractivity contribution is 5.91. The van der Waals surface area contributed by atoms with E-state index in [4.69, 9.17) is 9.47 Å². The Kier molecular flexibility index (Phi) is 11.2. The number of ether oxygens (including phenoxy) is 2. The van der Waals surface area contributed by atoms with E-state index in [1.54, 1.807) is 19.2 Å². The summed E-state index contributed by atoms with van der Waals surface area (Å²) in [5.74, 6) is -0.0479. The first-order chi connectivity index (χ1) is 17.5. The number of hydrogen-bond acceptors (Lipinski definition) is 7. The minimum atomic E-state index is -0.895. The molecule has 1 aliphatic heterocycles. The number of methoxy groups -OCH3 is 1. The quantitative estimate of drug-likeness (QED) is 0.334. The van der Waals surface area contributed by atoms with Gasteiger partial charge in [0.1, 0.15) is 18.1 Å². The van der Waals surface area contributed by atoms with Crippen LogP contribution in [-0.4, -0.2) is 87.5 Å². The van der Waals surface area contributed by atoms with E-state index >= 15 is 0 Å². The molecule has 0 aromatic heterocycles. The van der Waals surface area contributed by atoms with Crippen molar-refractivity contribution in [1.82, 2.24) is 20.9 Å². The highest BCUT2D eigenvalue weighted by atomic mass is 16.5. The molecule has 3 amide bonds. The van der Waals surface area contributed by atoms with Crippen molar-refractivity contribution in [1.29, 1.82) is 0 Å². The Balaban J connectivity index is 1.57. The molecule has 10 nitrogen and oxygen atoms in total. The zero-order valence-electron chi connectivity index (χ0n) is 21.0. The van der Waals surface area contributed by atoms with Gasteiger partial charge in [0.25, 0.3) is 0 Å². The van der Waals surface area contributed by atoms with E-state index in [0.29, 0.717) is 44.4 Å². The fourth-order valence-electron chi connectivity index (χ4n) is 4.69. The Bertz CT molecular complexity index is 866. The summed E-state index contributed by atoms with van der Waals surface area (Å²) >= 11 is 0. The van der Waals surface area contributed by atoms with Crippen LogP contribution in [0.5, 0.6) is 5.75 Å². The second-order valence-electron chi connectivity index (χ2n) is 9.47. The van der Waals surface area contributed by atoms with Gasteiger partial charge >= 0.3 is 0 Å². The maximum atomic E-state index is 13.1. The Hall–Kier alpha value is -2.98. The molecule has 1 saturated heterocycles. The molecule has 2 aliphatic rings. The van der Waals surface area contributed by atoms with Crippen LogP contribution in [-0.2, 0) is 30.3 Å². The van der Waals surface area contributed by atoms with Crippen LogP contribution >= 0.6 is 0 Å². The number of amides is 3. The van der Waals surface area contributed by atoms with E-state index in [1.165, 1.54) is 0 Å². The summed E-state index contributed by atoms with van der Waals surface area (Å²) in [6.07, 6.45) is 6.05. The highest BCUT2D eigenvalue weighted by Gasteiger charge is 2.26.